The lowest BCUT2D eigenvalue weighted by Crippen LogP contribution is -2.11. The zero-order valence-corrected chi connectivity index (χ0v) is 18.5. The second kappa shape index (κ2) is 7.30. The average Bonchev–Trinajstić information content (AvgIpc) is 3.17. The first-order chi connectivity index (χ1) is 13.8. The molecule has 4 aromatic rings. The second-order valence-corrected chi connectivity index (χ2v) is 8.33. The maximum Gasteiger partial charge on any atom is 0.165 e. The zero-order valence-electron chi connectivity index (χ0n) is 18.5. The molecule has 0 atom stereocenters. The summed E-state index contributed by atoms with van der Waals surface area (Å²) in [6.07, 6.45) is 2.34. The van der Waals surface area contributed by atoms with Crippen molar-refractivity contribution in [2.75, 3.05) is 6.61 Å². The largest absolute Gasteiger partial charge is 0.377 e. The molecule has 0 aliphatic carbocycles. The Morgan fingerprint density at radius 2 is 1.66 bits per heavy atom. The number of aryl methyl sites for hydroxylation is 5. The van der Waals surface area contributed by atoms with Gasteiger partial charge in [0, 0.05) is 18.1 Å². The number of ether oxygens (including phenoxy) is 1. The van der Waals surface area contributed by atoms with Gasteiger partial charge < -0.3 is 9.30 Å². The third-order valence-electron chi connectivity index (χ3n) is 5.54. The highest BCUT2D eigenvalue weighted by Gasteiger charge is 2.21. The highest BCUT2D eigenvalue weighted by atomic mass is 16.5. The summed E-state index contributed by atoms with van der Waals surface area (Å²) in [5.74, 6) is 0. The third-order valence-corrected chi connectivity index (χ3v) is 5.54. The van der Waals surface area contributed by atoms with E-state index in [0.717, 1.165) is 40.2 Å². The quantitative estimate of drug-likeness (QED) is 0.463. The number of nitrogens with zero attached hydrogens (tertiary/aromatic N) is 4. The molecule has 3 aromatic heterocycles. The Hall–Kier alpha value is -2.66. The molecular formula is C24H30N4O. The lowest BCUT2D eigenvalue weighted by molar-refractivity contribution is 0.0732. The van der Waals surface area contributed by atoms with Crippen molar-refractivity contribution in [1.82, 2.24) is 19.2 Å². The van der Waals surface area contributed by atoms with E-state index in [4.69, 9.17) is 14.8 Å². The average molecular weight is 391 g/mol. The maximum absolute atomic E-state index is 5.78. The fourth-order valence-electron chi connectivity index (χ4n) is 4.40. The van der Waals surface area contributed by atoms with E-state index in [9.17, 15) is 0 Å². The molecule has 4 rings (SSSR count). The van der Waals surface area contributed by atoms with Gasteiger partial charge in [0.05, 0.1) is 29.7 Å². The molecule has 0 saturated carbocycles. The van der Waals surface area contributed by atoms with E-state index in [1.165, 1.54) is 22.3 Å². The van der Waals surface area contributed by atoms with Crippen molar-refractivity contribution in [2.45, 2.75) is 61.1 Å². The van der Waals surface area contributed by atoms with Gasteiger partial charge in [0.2, 0.25) is 0 Å². The molecule has 29 heavy (non-hydrogen) atoms. The number of fused-ring (bicyclic) bond motifs is 3. The molecule has 0 N–H and O–H groups in total. The van der Waals surface area contributed by atoms with Crippen LogP contribution >= 0.6 is 0 Å². The Balaban J connectivity index is 1.96. The molecule has 3 heterocycles. The number of benzene rings is 1. The first-order valence-electron chi connectivity index (χ1n) is 10.3. The minimum atomic E-state index is 0.228. The lowest BCUT2D eigenvalue weighted by Gasteiger charge is -2.12. The first kappa shape index (κ1) is 19.6. The van der Waals surface area contributed by atoms with Gasteiger partial charge in [-0.3, -0.25) is 0 Å². The number of hydrogen-bond acceptors (Lipinski definition) is 3. The fourth-order valence-corrected chi connectivity index (χ4v) is 4.40. The van der Waals surface area contributed by atoms with Crippen LogP contribution in [0.5, 0.6) is 0 Å². The SMILES string of the molecule is Cc1cc(C)c(-c2c(C)nn3c2nc(C)c2ccn(CCOC(C)C)c23)c(C)c1. The van der Waals surface area contributed by atoms with Crippen molar-refractivity contribution in [2.24, 2.45) is 0 Å². The van der Waals surface area contributed by atoms with E-state index >= 15 is 0 Å². The Morgan fingerprint density at radius 3 is 2.31 bits per heavy atom. The van der Waals surface area contributed by atoms with Gasteiger partial charge in [0.15, 0.2) is 5.65 Å². The molecule has 0 unspecified atom stereocenters. The van der Waals surface area contributed by atoms with E-state index in [0.29, 0.717) is 6.61 Å². The number of hydrogen-bond donors (Lipinski definition) is 0. The van der Waals surface area contributed by atoms with Crippen molar-refractivity contribution in [1.29, 1.82) is 0 Å². The van der Waals surface area contributed by atoms with Crippen LogP contribution in [0.1, 0.15) is 41.9 Å². The summed E-state index contributed by atoms with van der Waals surface area (Å²) in [6.45, 7) is 16.3. The van der Waals surface area contributed by atoms with Crippen LogP contribution < -0.4 is 0 Å². The van der Waals surface area contributed by atoms with Crippen molar-refractivity contribution in [3.63, 3.8) is 0 Å². The minimum absolute atomic E-state index is 0.228. The summed E-state index contributed by atoms with van der Waals surface area (Å²) >= 11 is 0. The van der Waals surface area contributed by atoms with Crippen molar-refractivity contribution in [3.05, 3.63) is 52.5 Å². The van der Waals surface area contributed by atoms with Gasteiger partial charge in [-0.1, -0.05) is 17.7 Å². The Kier molecular flexibility index (Phi) is 4.95. The van der Waals surface area contributed by atoms with Crippen molar-refractivity contribution >= 4 is 16.7 Å². The molecule has 0 aliphatic rings. The second-order valence-electron chi connectivity index (χ2n) is 8.33. The van der Waals surface area contributed by atoms with Crippen LogP contribution in [0.25, 0.3) is 27.8 Å². The summed E-state index contributed by atoms with van der Waals surface area (Å²) in [5.41, 5.74) is 10.2. The Morgan fingerprint density at radius 1 is 0.966 bits per heavy atom. The maximum atomic E-state index is 5.78. The third kappa shape index (κ3) is 3.33. The predicted molar refractivity (Wildman–Crippen MR) is 119 cm³/mol. The molecule has 0 bridgehead atoms. The monoisotopic (exact) mass is 390 g/mol. The molecule has 0 aliphatic heterocycles. The molecule has 0 amide bonds. The normalized spacial score (nSPS) is 12.0. The summed E-state index contributed by atoms with van der Waals surface area (Å²) in [6, 6.07) is 6.61. The Labute approximate surface area is 172 Å². The highest BCUT2D eigenvalue weighted by Crippen LogP contribution is 2.35. The summed E-state index contributed by atoms with van der Waals surface area (Å²) in [7, 11) is 0. The topological polar surface area (TPSA) is 44.4 Å². The molecule has 1 aromatic carbocycles. The molecular weight excluding hydrogens is 360 g/mol. The van der Waals surface area contributed by atoms with Crippen LogP contribution in [-0.2, 0) is 11.3 Å². The standard InChI is InChI=1S/C24H30N4O/c1-14(2)29-11-10-27-9-8-20-18(6)25-23-22(19(7)26-28(23)24(20)27)21-16(4)12-15(3)13-17(21)5/h8-9,12-14H,10-11H2,1-7H3. The first-order valence-corrected chi connectivity index (χ1v) is 10.3. The van der Waals surface area contributed by atoms with E-state index in [1.807, 2.05) is 4.52 Å². The summed E-state index contributed by atoms with van der Waals surface area (Å²) in [4.78, 5) is 4.98. The minimum Gasteiger partial charge on any atom is -0.377 e. The molecule has 0 saturated heterocycles. The molecule has 5 heteroatoms. The van der Waals surface area contributed by atoms with Gasteiger partial charge in [-0.25, -0.2) is 4.98 Å². The van der Waals surface area contributed by atoms with Gasteiger partial charge in [-0.05, 0) is 71.2 Å². The van der Waals surface area contributed by atoms with E-state index < -0.39 is 0 Å². The van der Waals surface area contributed by atoms with Crippen molar-refractivity contribution < 1.29 is 4.74 Å². The number of aromatic nitrogens is 4. The Bertz CT molecular complexity index is 1190. The van der Waals surface area contributed by atoms with Gasteiger partial charge in [-0.2, -0.15) is 9.61 Å². The smallest absolute Gasteiger partial charge is 0.165 e. The molecule has 0 fully saturated rings. The van der Waals surface area contributed by atoms with E-state index in [-0.39, 0.29) is 6.10 Å². The highest BCUT2D eigenvalue weighted by molar-refractivity contribution is 5.89. The zero-order chi connectivity index (χ0) is 20.9. The molecule has 0 radical (unpaired) electrons. The molecule has 0 spiro atoms. The van der Waals surface area contributed by atoms with Crippen LogP contribution in [0.2, 0.25) is 0 Å². The van der Waals surface area contributed by atoms with Crippen LogP contribution in [-0.4, -0.2) is 31.9 Å². The number of rotatable bonds is 5. The lowest BCUT2D eigenvalue weighted by atomic mass is 9.94. The van der Waals surface area contributed by atoms with Gasteiger partial charge in [0.1, 0.15) is 5.65 Å². The summed E-state index contributed by atoms with van der Waals surface area (Å²) in [5, 5.41) is 6.06. The van der Waals surface area contributed by atoms with Gasteiger partial charge in [-0.15, -0.1) is 0 Å². The van der Waals surface area contributed by atoms with E-state index in [2.05, 4.69) is 77.4 Å². The summed E-state index contributed by atoms with van der Waals surface area (Å²) < 4.78 is 10.0. The van der Waals surface area contributed by atoms with Crippen LogP contribution in [0, 0.1) is 34.6 Å². The van der Waals surface area contributed by atoms with Gasteiger partial charge >= 0.3 is 0 Å². The van der Waals surface area contributed by atoms with Crippen LogP contribution in [0.15, 0.2) is 24.4 Å². The fraction of sp³-hybridized carbons (Fsp3) is 0.417. The molecule has 152 valence electrons. The van der Waals surface area contributed by atoms with E-state index in [1.54, 1.807) is 0 Å². The molecule has 5 nitrogen and oxygen atoms in total. The predicted octanol–water partition coefficient (Wildman–Crippen LogP) is 5.32. The van der Waals surface area contributed by atoms with Crippen LogP contribution in [0.3, 0.4) is 0 Å². The van der Waals surface area contributed by atoms with Crippen molar-refractivity contribution in [3.8, 4) is 11.1 Å². The van der Waals surface area contributed by atoms with Gasteiger partial charge in [0.25, 0.3) is 0 Å². The van der Waals surface area contributed by atoms with Crippen LogP contribution in [0.4, 0.5) is 0 Å².